The molecule has 0 fully saturated rings. The Morgan fingerprint density at radius 3 is 2.45 bits per heavy atom. The van der Waals surface area contributed by atoms with Crippen LogP contribution in [0.15, 0.2) is 51.8 Å². The van der Waals surface area contributed by atoms with Gasteiger partial charge in [-0.25, -0.2) is 0 Å². The Labute approximate surface area is 128 Å². The van der Waals surface area contributed by atoms with Crippen molar-refractivity contribution in [3.63, 3.8) is 0 Å². The minimum absolute atomic E-state index is 0.166. The van der Waals surface area contributed by atoms with Crippen LogP contribution in [0.1, 0.15) is 5.56 Å². The summed E-state index contributed by atoms with van der Waals surface area (Å²) in [5.41, 5.74) is 1.10. The van der Waals surface area contributed by atoms with Gasteiger partial charge in [-0.15, -0.1) is 4.40 Å². The fraction of sp³-hybridized carbons (Fsp3) is 0.133. The van der Waals surface area contributed by atoms with Crippen molar-refractivity contribution in [1.82, 2.24) is 0 Å². The summed E-state index contributed by atoms with van der Waals surface area (Å²) in [6.45, 7) is 0. The molecule has 2 aromatic rings. The van der Waals surface area contributed by atoms with Crippen molar-refractivity contribution in [3.05, 3.63) is 48.0 Å². The molecule has 22 heavy (non-hydrogen) atoms. The third-order valence-electron chi connectivity index (χ3n) is 3.29. The van der Waals surface area contributed by atoms with Crippen LogP contribution < -0.4 is 14.8 Å². The average Bonchev–Trinajstić information content (AvgIpc) is 2.53. The first-order chi connectivity index (χ1) is 10.5. The van der Waals surface area contributed by atoms with Crippen LogP contribution >= 0.6 is 0 Å². The summed E-state index contributed by atoms with van der Waals surface area (Å²) in [6.07, 6.45) is 0. The van der Waals surface area contributed by atoms with Crippen LogP contribution in [0.3, 0.4) is 0 Å². The molecule has 0 spiro atoms. The second-order valence-corrected chi connectivity index (χ2v) is 6.18. The molecule has 0 saturated heterocycles. The number of amidine groups is 1. The molecule has 114 valence electrons. The highest BCUT2D eigenvalue weighted by molar-refractivity contribution is 7.90. The molecular formula is C15H14N2O4S. The van der Waals surface area contributed by atoms with Gasteiger partial charge in [0.25, 0.3) is 10.0 Å². The van der Waals surface area contributed by atoms with Crippen molar-refractivity contribution in [2.24, 2.45) is 4.40 Å². The van der Waals surface area contributed by atoms with Crippen LogP contribution in [0.25, 0.3) is 0 Å². The van der Waals surface area contributed by atoms with Crippen LogP contribution in [0, 0.1) is 0 Å². The molecule has 1 aliphatic rings. The van der Waals surface area contributed by atoms with E-state index in [0.717, 1.165) is 0 Å². The molecule has 2 aromatic carbocycles. The Balaban J connectivity index is 2.09. The molecule has 1 N–H and O–H groups in total. The summed E-state index contributed by atoms with van der Waals surface area (Å²) >= 11 is 0. The molecule has 7 heteroatoms. The van der Waals surface area contributed by atoms with Gasteiger partial charge in [0, 0.05) is 5.56 Å². The van der Waals surface area contributed by atoms with Gasteiger partial charge in [-0.2, -0.15) is 8.42 Å². The normalized spacial score (nSPS) is 15.3. The van der Waals surface area contributed by atoms with Gasteiger partial charge >= 0.3 is 0 Å². The van der Waals surface area contributed by atoms with E-state index in [2.05, 4.69) is 9.71 Å². The Kier molecular flexibility index (Phi) is 3.50. The highest BCUT2D eigenvalue weighted by Gasteiger charge is 2.25. The van der Waals surface area contributed by atoms with E-state index in [1.807, 2.05) is 0 Å². The molecule has 0 atom stereocenters. The predicted molar refractivity (Wildman–Crippen MR) is 83.3 cm³/mol. The highest BCUT2D eigenvalue weighted by atomic mass is 32.2. The lowest BCUT2D eigenvalue weighted by Crippen LogP contribution is -2.22. The monoisotopic (exact) mass is 318 g/mol. The van der Waals surface area contributed by atoms with Crippen LogP contribution in [-0.2, 0) is 10.0 Å². The lowest BCUT2D eigenvalue weighted by molar-refractivity contribution is 0.355. The molecule has 0 amide bonds. The Morgan fingerprint density at radius 2 is 1.73 bits per heavy atom. The van der Waals surface area contributed by atoms with E-state index in [-0.39, 0.29) is 10.7 Å². The first-order valence-corrected chi connectivity index (χ1v) is 7.92. The topological polar surface area (TPSA) is 77.0 Å². The average molecular weight is 318 g/mol. The number of hydrogen-bond donors (Lipinski definition) is 1. The van der Waals surface area contributed by atoms with Crippen molar-refractivity contribution >= 4 is 21.5 Å². The summed E-state index contributed by atoms with van der Waals surface area (Å²) in [5.74, 6) is 1.31. The molecule has 0 aromatic heterocycles. The van der Waals surface area contributed by atoms with Gasteiger partial charge in [0.2, 0.25) is 0 Å². The first kappa shape index (κ1) is 14.4. The van der Waals surface area contributed by atoms with Crippen LogP contribution in [0.5, 0.6) is 11.5 Å². The van der Waals surface area contributed by atoms with E-state index in [1.165, 1.54) is 20.3 Å². The highest BCUT2D eigenvalue weighted by Crippen LogP contribution is 2.31. The smallest absolute Gasteiger partial charge is 0.286 e. The standard InChI is InChI=1S/C15H14N2O4S/c1-20-12-8-7-10(9-13(12)21-2)15-16-11-5-3-4-6-14(11)22(18,19)17-15/h3-9H,1-2H3,(H,16,17). The van der Waals surface area contributed by atoms with Crippen molar-refractivity contribution in [3.8, 4) is 11.5 Å². The van der Waals surface area contributed by atoms with E-state index >= 15 is 0 Å². The van der Waals surface area contributed by atoms with Crippen molar-refractivity contribution in [2.75, 3.05) is 19.5 Å². The van der Waals surface area contributed by atoms with Crippen LogP contribution in [0.2, 0.25) is 0 Å². The van der Waals surface area contributed by atoms with Gasteiger partial charge in [0.1, 0.15) is 4.90 Å². The van der Waals surface area contributed by atoms with Crippen LogP contribution in [0.4, 0.5) is 5.69 Å². The number of anilines is 1. The number of fused-ring (bicyclic) bond motifs is 1. The SMILES string of the molecule is COc1ccc(C2=NS(=O)(=O)c3ccccc3N2)cc1OC. The first-order valence-electron chi connectivity index (χ1n) is 6.48. The quantitative estimate of drug-likeness (QED) is 0.939. The van der Waals surface area contributed by atoms with Crippen LogP contribution in [-0.4, -0.2) is 28.5 Å². The fourth-order valence-corrected chi connectivity index (χ4v) is 3.36. The number of para-hydroxylation sites is 1. The zero-order chi connectivity index (χ0) is 15.7. The second kappa shape index (κ2) is 5.34. The Morgan fingerprint density at radius 1 is 1.00 bits per heavy atom. The van der Waals surface area contributed by atoms with Gasteiger partial charge in [0.05, 0.1) is 19.9 Å². The summed E-state index contributed by atoms with van der Waals surface area (Å²) in [5, 5.41) is 3.03. The number of methoxy groups -OCH3 is 2. The predicted octanol–water partition coefficient (Wildman–Crippen LogP) is 2.26. The largest absolute Gasteiger partial charge is 0.493 e. The van der Waals surface area contributed by atoms with Crippen molar-refractivity contribution in [1.29, 1.82) is 0 Å². The lowest BCUT2D eigenvalue weighted by atomic mass is 10.1. The molecule has 1 aliphatic heterocycles. The summed E-state index contributed by atoms with van der Waals surface area (Å²) < 4.78 is 38.7. The second-order valence-electron chi connectivity index (χ2n) is 4.61. The van der Waals surface area contributed by atoms with E-state index < -0.39 is 10.0 Å². The van der Waals surface area contributed by atoms with Gasteiger partial charge < -0.3 is 14.8 Å². The molecule has 0 saturated carbocycles. The number of nitrogens with zero attached hydrogens (tertiary/aromatic N) is 1. The minimum Gasteiger partial charge on any atom is -0.493 e. The molecule has 6 nitrogen and oxygen atoms in total. The number of hydrogen-bond acceptors (Lipinski definition) is 5. The third kappa shape index (κ3) is 2.39. The number of benzene rings is 2. The summed E-state index contributed by atoms with van der Waals surface area (Å²) in [7, 11) is -0.667. The number of nitrogens with one attached hydrogen (secondary N) is 1. The van der Waals surface area contributed by atoms with Gasteiger partial charge in [-0.1, -0.05) is 12.1 Å². The van der Waals surface area contributed by atoms with Crippen molar-refractivity contribution in [2.45, 2.75) is 4.90 Å². The van der Waals surface area contributed by atoms with Gasteiger partial charge in [-0.05, 0) is 30.3 Å². The summed E-state index contributed by atoms with van der Waals surface area (Å²) in [6, 6.07) is 11.7. The third-order valence-corrected chi connectivity index (χ3v) is 4.62. The summed E-state index contributed by atoms with van der Waals surface area (Å²) in [4.78, 5) is 0.166. The van der Waals surface area contributed by atoms with E-state index in [9.17, 15) is 8.42 Å². The Bertz CT molecular complexity index is 860. The lowest BCUT2D eigenvalue weighted by Gasteiger charge is -2.18. The molecular weight excluding hydrogens is 304 g/mol. The van der Waals surface area contributed by atoms with E-state index in [1.54, 1.807) is 36.4 Å². The molecule has 0 aliphatic carbocycles. The van der Waals surface area contributed by atoms with Gasteiger partial charge in [-0.3, -0.25) is 0 Å². The molecule has 0 unspecified atom stereocenters. The Hall–Kier alpha value is -2.54. The van der Waals surface area contributed by atoms with E-state index in [4.69, 9.17) is 9.47 Å². The number of ether oxygens (including phenoxy) is 2. The number of sulfonamides is 1. The maximum atomic E-state index is 12.3. The zero-order valence-electron chi connectivity index (χ0n) is 12.0. The molecule has 0 radical (unpaired) electrons. The fourth-order valence-electron chi connectivity index (χ4n) is 2.22. The van der Waals surface area contributed by atoms with Crippen molar-refractivity contribution < 1.29 is 17.9 Å². The molecule has 3 rings (SSSR count). The maximum Gasteiger partial charge on any atom is 0.286 e. The van der Waals surface area contributed by atoms with E-state index in [0.29, 0.717) is 22.7 Å². The molecule has 1 heterocycles. The minimum atomic E-state index is -3.72. The zero-order valence-corrected chi connectivity index (χ0v) is 12.8. The van der Waals surface area contributed by atoms with Gasteiger partial charge in [0.15, 0.2) is 17.3 Å². The maximum absolute atomic E-state index is 12.3. The number of rotatable bonds is 3. The molecule has 0 bridgehead atoms.